The van der Waals surface area contributed by atoms with Crippen molar-refractivity contribution in [3.63, 3.8) is 0 Å². The molecule has 4 bridgehead atoms. The maximum atomic E-state index is 11.9. The Hall–Kier alpha value is -2.53. The molecule has 3 aromatic rings. The first-order chi connectivity index (χ1) is 14.2. The third-order valence-electron chi connectivity index (χ3n) is 7.38. The molecule has 29 heavy (non-hydrogen) atoms. The summed E-state index contributed by atoms with van der Waals surface area (Å²) in [5.74, 6) is 0. The second kappa shape index (κ2) is 6.23. The van der Waals surface area contributed by atoms with Gasteiger partial charge in [0.15, 0.2) is 0 Å². The molecule has 0 saturated carbocycles. The number of pyridine rings is 1. The summed E-state index contributed by atoms with van der Waals surface area (Å²) in [6, 6.07) is 25.5. The monoisotopic (exact) mass is 383 g/mol. The molecule has 5 heterocycles. The van der Waals surface area contributed by atoms with Crippen LogP contribution in [0.15, 0.2) is 85.2 Å². The number of aliphatic hydroxyl groups excluding tert-OH is 1. The van der Waals surface area contributed by atoms with Crippen LogP contribution < -0.4 is 0 Å². The number of aliphatic hydroxyl groups is 1. The molecule has 0 aliphatic carbocycles. The minimum absolute atomic E-state index is 0.249. The highest BCUT2D eigenvalue weighted by Crippen LogP contribution is 2.56. The molecule has 0 amide bonds. The van der Waals surface area contributed by atoms with Crippen LogP contribution in [0.4, 0.5) is 0 Å². The van der Waals surface area contributed by atoms with E-state index in [4.69, 9.17) is 0 Å². The highest BCUT2D eigenvalue weighted by molar-refractivity contribution is 5.43. The minimum atomic E-state index is -0.411. The first kappa shape index (κ1) is 17.3. The van der Waals surface area contributed by atoms with Gasteiger partial charge in [-0.05, 0) is 28.8 Å². The molecule has 1 aromatic heterocycles. The number of rotatable bonds is 3. The average Bonchev–Trinajstić information content (AvgIpc) is 2.78. The van der Waals surface area contributed by atoms with E-state index in [1.807, 2.05) is 12.4 Å². The zero-order valence-corrected chi connectivity index (χ0v) is 16.4. The first-order valence-corrected chi connectivity index (χ1v) is 10.4. The van der Waals surface area contributed by atoms with Gasteiger partial charge in [0.1, 0.15) is 0 Å². The van der Waals surface area contributed by atoms with Gasteiger partial charge < -0.3 is 5.11 Å². The van der Waals surface area contributed by atoms with Crippen LogP contribution in [0, 0.1) is 0 Å². The quantitative estimate of drug-likeness (QED) is 0.755. The van der Waals surface area contributed by atoms with Gasteiger partial charge in [-0.15, -0.1) is 0 Å². The molecule has 0 spiro atoms. The Morgan fingerprint density at radius 1 is 0.690 bits per heavy atom. The summed E-state index contributed by atoms with van der Waals surface area (Å²) in [5, 5.41) is 11.9. The average molecular weight is 383 g/mol. The van der Waals surface area contributed by atoms with Crippen molar-refractivity contribution < 1.29 is 5.11 Å². The summed E-state index contributed by atoms with van der Waals surface area (Å²) in [6.07, 6.45) is 3.61. The lowest BCUT2D eigenvalue weighted by atomic mass is 9.54. The maximum Gasteiger partial charge on any atom is 0.0888 e. The standard InChI is InChI=1S/C25H25N3O/c29-23-24(20-7-3-1-4-8-20)15-27-17-25(23,21-9-5-2-6-10-21)18-28(16-24)22(27)19-11-13-26-14-12-19/h1-14,22-23,29H,15-18H2. The van der Waals surface area contributed by atoms with Crippen LogP contribution in [0.2, 0.25) is 0 Å². The molecule has 4 fully saturated rings. The molecule has 0 unspecified atom stereocenters. The van der Waals surface area contributed by atoms with Gasteiger partial charge in [-0.25, -0.2) is 0 Å². The summed E-state index contributed by atoms with van der Waals surface area (Å²) in [6.45, 7) is 3.49. The largest absolute Gasteiger partial charge is 0.391 e. The second-order valence-electron chi connectivity index (χ2n) is 8.91. The highest BCUT2D eigenvalue weighted by atomic mass is 16.3. The van der Waals surface area contributed by atoms with Gasteiger partial charge in [-0.1, -0.05) is 60.7 Å². The van der Waals surface area contributed by atoms with Gasteiger partial charge in [-0.2, -0.15) is 0 Å². The summed E-state index contributed by atoms with van der Waals surface area (Å²) in [7, 11) is 0. The molecule has 4 aliphatic heterocycles. The molecule has 4 saturated heterocycles. The van der Waals surface area contributed by atoms with Crippen molar-refractivity contribution in [1.29, 1.82) is 0 Å². The van der Waals surface area contributed by atoms with Crippen LogP contribution in [0.1, 0.15) is 22.9 Å². The third kappa shape index (κ3) is 2.34. The number of hydrogen-bond donors (Lipinski definition) is 1. The van der Waals surface area contributed by atoms with Crippen LogP contribution in [-0.2, 0) is 10.8 Å². The Kier molecular flexibility index (Phi) is 3.73. The molecule has 0 radical (unpaired) electrons. The van der Waals surface area contributed by atoms with Gasteiger partial charge in [0.05, 0.1) is 12.3 Å². The second-order valence-corrected chi connectivity index (χ2v) is 8.91. The van der Waals surface area contributed by atoms with E-state index in [9.17, 15) is 5.11 Å². The molecule has 1 N–H and O–H groups in total. The van der Waals surface area contributed by atoms with E-state index in [0.29, 0.717) is 0 Å². The normalized spacial score (nSPS) is 37.6. The van der Waals surface area contributed by atoms with E-state index in [0.717, 1.165) is 26.2 Å². The predicted molar refractivity (Wildman–Crippen MR) is 112 cm³/mol. The van der Waals surface area contributed by atoms with Crippen LogP contribution >= 0.6 is 0 Å². The van der Waals surface area contributed by atoms with Gasteiger partial charge in [0.2, 0.25) is 0 Å². The predicted octanol–water partition coefficient (Wildman–Crippen LogP) is 2.96. The molecule has 4 aliphatic rings. The zero-order valence-electron chi connectivity index (χ0n) is 16.4. The fraction of sp³-hybridized carbons (Fsp3) is 0.320. The van der Waals surface area contributed by atoms with Crippen molar-refractivity contribution in [2.24, 2.45) is 0 Å². The van der Waals surface area contributed by atoms with Crippen LogP contribution in [-0.4, -0.2) is 52.2 Å². The lowest BCUT2D eigenvalue weighted by Gasteiger charge is -2.69. The molecular formula is C25H25N3O. The molecule has 4 nitrogen and oxygen atoms in total. The van der Waals surface area contributed by atoms with Crippen molar-refractivity contribution in [3.8, 4) is 0 Å². The highest BCUT2D eigenvalue weighted by Gasteiger charge is 2.66. The Bertz CT molecular complexity index is 933. The fourth-order valence-electron chi connectivity index (χ4n) is 6.29. The SMILES string of the molecule is OC1C2(c3ccccc3)CN3CC1(c1ccccc1)CN(C2)C3c1ccncc1. The van der Waals surface area contributed by atoms with Crippen LogP contribution in [0.5, 0.6) is 0 Å². The zero-order chi connectivity index (χ0) is 19.5. The molecule has 2 aromatic carbocycles. The lowest BCUT2D eigenvalue weighted by molar-refractivity contribution is -0.209. The summed E-state index contributed by atoms with van der Waals surface area (Å²) in [5.41, 5.74) is 3.22. The van der Waals surface area contributed by atoms with Crippen molar-refractivity contribution in [3.05, 3.63) is 102 Å². The summed E-state index contributed by atoms with van der Waals surface area (Å²) >= 11 is 0. The molecule has 146 valence electrons. The number of nitrogens with zero attached hydrogens (tertiary/aromatic N) is 3. The first-order valence-electron chi connectivity index (χ1n) is 10.4. The topological polar surface area (TPSA) is 39.6 Å². The lowest BCUT2D eigenvalue weighted by Crippen LogP contribution is -2.81. The van der Waals surface area contributed by atoms with E-state index in [2.05, 4.69) is 87.6 Å². The number of benzene rings is 2. The Labute approximate surface area is 171 Å². The Morgan fingerprint density at radius 2 is 1.14 bits per heavy atom. The van der Waals surface area contributed by atoms with Crippen LogP contribution in [0.3, 0.4) is 0 Å². The van der Waals surface area contributed by atoms with E-state index >= 15 is 0 Å². The van der Waals surface area contributed by atoms with Gasteiger partial charge in [0.25, 0.3) is 0 Å². The molecule has 7 rings (SSSR count). The number of piperidine rings is 2. The van der Waals surface area contributed by atoms with Crippen molar-refractivity contribution in [1.82, 2.24) is 14.8 Å². The molecule has 0 atom stereocenters. The van der Waals surface area contributed by atoms with E-state index in [1.165, 1.54) is 16.7 Å². The van der Waals surface area contributed by atoms with Gasteiger partial charge in [0, 0.05) is 49.4 Å². The Balaban J connectivity index is 1.52. The third-order valence-corrected chi connectivity index (χ3v) is 7.38. The van der Waals surface area contributed by atoms with Gasteiger partial charge >= 0.3 is 0 Å². The molecular weight excluding hydrogens is 358 g/mol. The van der Waals surface area contributed by atoms with Crippen LogP contribution in [0.25, 0.3) is 0 Å². The van der Waals surface area contributed by atoms with E-state index in [1.54, 1.807) is 0 Å². The minimum Gasteiger partial charge on any atom is -0.391 e. The Morgan fingerprint density at radius 3 is 1.59 bits per heavy atom. The summed E-state index contributed by atoms with van der Waals surface area (Å²) in [4.78, 5) is 9.37. The summed E-state index contributed by atoms with van der Waals surface area (Å²) < 4.78 is 0. The number of hydrogen-bond acceptors (Lipinski definition) is 4. The maximum absolute atomic E-state index is 11.9. The van der Waals surface area contributed by atoms with E-state index in [-0.39, 0.29) is 17.0 Å². The van der Waals surface area contributed by atoms with E-state index < -0.39 is 6.10 Å². The van der Waals surface area contributed by atoms with Crippen molar-refractivity contribution >= 4 is 0 Å². The molecule has 4 heteroatoms. The smallest absolute Gasteiger partial charge is 0.0888 e. The number of aromatic nitrogens is 1. The van der Waals surface area contributed by atoms with Crippen molar-refractivity contribution in [2.75, 3.05) is 26.2 Å². The fourth-order valence-corrected chi connectivity index (χ4v) is 6.29. The van der Waals surface area contributed by atoms with Crippen molar-refractivity contribution in [2.45, 2.75) is 23.1 Å². The van der Waals surface area contributed by atoms with Gasteiger partial charge in [-0.3, -0.25) is 14.8 Å².